The lowest BCUT2D eigenvalue weighted by atomic mass is 9.93. The fourth-order valence-corrected chi connectivity index (χ4v) is 2.30. The van der Waals surface area contributed by atoms with Crippen molar-refractivity contribution in [2.45, 2.75) is 32.1 Å². The summed E-state index contributed by atoms with van der Waals surface area (Å²) in [4.78, 5) is 12.0. The van der Waals surface area contributed by atoms with Gasteiger partial charge in [0, 0.05) is 17.0 Å². The van der Waals surface area contributed by atoms with E-state index in [0.717, 1.165) is 31.3 Å². The van der Waals surface area contributed by atoms with Crippen molar-refractivity contribution in [2.24, 2.45) is 0 Å². The molecule has 1 nitrogen and oxygen atoms in total. The molecule has 0 N–H and O–H groups in total. The summed E-state index contributed by atoms with van der Waals surface area (Å²) in [5, 5.41) is 0.328. The Morgan fingerprint density at radius 1 is 1.35 bits per heavy atom. The van der Waals surface area contributed by atoms with Crippen LogP contribution in [0.1, 0.15) is 31.2 Å². The highest BCUT2D eigenvalue weighted by molar-refractivity contribution is 6.31. The number of rotatable bonds is 3. The molecule has 1 aliphatic rings. The predicted octanol–water partition coefficient (Wildman–Crippen LogP) is 4.09. The molecular formula is C14H14ClFO. The Balaban J connectivity index is 2.15. The van der Waals surface area contributed by atoms with Crippen molar-refractivity contribution >= 4 is 17.4 Å². The molecule has 0 saturated heterocycles. The summed E-state index contributed by atoms with van der Waals surface area (Å²) in [6.07, 6.45) is 5.98. The van der Waals surface area contributed by atoms with Gasteiger partial charge in [-0.15, -0.1) is 0 Å². The van der Waals surface area contributed by atoms with E-state index in [1.165, 1.54) is 6.07 Å². The second kappa shape index (κ2) is 5.46. The fraction of sp³-hybridized carbons (Fsp3) is 0.357. The molecule has 0 heterocycles. The van der Waals surface area contributed by atoms with Gasteiger partial charge in [-0.05, 0) is 43.4 Å². The third kappa shape index (κ3) is 2.95. The maximum Gasteiger partial charge on any atom is 0.163 e. The molecule has 3 heteroatoms. The monoisotopic (exact) mass is 252 g/mol. The molecule has 0 fully saturated rings. The molecule has 0 bridgehead atoms. The van der Waals surface area contributed by atoms with Crippen LogP contribution in [0, 0.1) is 5.82 Å². The quantitative estimate of drug-likeness (QED) is 0.792. The van der Waals surface area contributed by atoms with Gasteiger partial charge in [0.15, 0.2) is 5.78 Å². The third-order valence-corrected chi connectivity index (χ3v) is 3.40. The van der Waals surface area contributed by atoms with Crippen molar-refractivity contribution in [2.75, 3.05) is 0 Å². The van der Waals surface area contributed by atoms with Crippen LogP contribution in [-0.2, 0) is 11.2 Å². The number of benzene rings is 1. The highest BCUT2D eigenvalue weighted by Gasteiger charge is 2.16. The molecule has 0 unspecified atom stereocenters. The van der Waals surface area contributed by atoms with Gasteiger partial charge in [-0.3, -0.25) is 4.79 Å². The number of Topliss-reactive ketones (excluding diaryl/α,β-unsaturated/α-hetero) is 1. The molecule has 1 aromatic carbocycles. The summed E-state index contributed by atoms with van der Waals surface area (Å²) in [7, 11) is 0. The standard InChI is InChI=1S/C14H14ClFO/c15-12-7-4-8-13(16)11(12)9-14(17)10-5-2-1-3-6-10/h4-5,7-8H,1-3,6,9H2. The Hall–Kier alpha value is -1.15. The van der Waals surface area contributed by atoms with Gasteiger partial charge >= 0.3 is 0 Å². The lowest BCUT2D eigenvalue weighted by molar-refractivity contribution is -0.115. The smallest absolute Gasteiger partial charge is 0.163 e. The minimum atomic E-state index is -0.401. The van der Waals surface area contributed by atoms with Crippen LogP contribution < -0.4 is 0 Å². The number of ketones is 1. The van der Waals surface area contributed by atoms with Crippen molar-refractivity contribution in [1.29, 1.82) is 0 Å². The van der Waals surface area contributed by atoms with E-state index in [-0.39, 0.29) is 12.2 Å². The van der Waals surface area contributed by atoms with Crippen molar-refractivity contribution < 1.29 is 9.18 Å². The van der Waals surface area contributed by atoms with E-state index in [9.17, 15) is 9.18 Å². The van der Waals surface area contributed by atoms with E-state index in [4.69, 9.17) is 11.6 Å². The molecule has 0 saturated carbocycles. The van der Waals surface area contributed by atoms with Gasteiger partial charge in [0.2, 0.25) is 0 Å². The highest BCUT2D eigenvalue weighted by atomic mass is 35.5. The Morgan fingerprint density at radius 2 is 2.18 bits per heavy atom. The van der Waals surface area contributed by atoms with E-state index < -0.39 is 5.82 Å². The normalized spacial score (nSPS) is 15.5. The van der Waals surface area contributed by atoms with Gasteiger partial charge < -0.3 is 0 Å². The average molecular weight is 253 g/mol. The van der Waals surface area contributed by atoms with Gasteiger partial charge in [-0.25, -0.2) is 4.39 Å². The third-order valence-electron chi connectivity index (χ3n) is 3.05. The summed E-state index contributed by atoms with van der Waals surface area (Å²) in [5.41, 5.74) is 1.14. The molecule has 2 rings (SSSR count). The van der Waals surface area contributed by atoms with Gasteiger partial charge in [0.25, 0.3) is 0 Å². The highest BCUT2D eigenvalue weighted by Crippen LogP contribution is 2.24. The van der Waals surface area contributed by atoms with E-state index >= 15 is 0 Å². The number of allylic oxidation sites excluding steroid dienone is 2. The van der Waals surface area contributed by atoms with E-state index in [1.807, 2.05) is 6.08 Å². The summed E-state index contributed by atoms with van der Waals surface area (Å²) in [5.74, 6) is -0.404. The van der Waals surface area contributed by atoms with Gasteiger partial charge in [-0.1, -0.05) is 23.7 Å². The van der Waals surface area contributed by atoms with Crippen molar-refractivity contribution in [3.05, 3.63) is 46.3 Å². The molecule has 17 heavy (non-hydrogen) atoms. The molecule has 0 radical (unpaired) electrons. The molecule has 0 atom stereocenters. The van der Waals surface area contributed by atoms with Crippen molar-refractivity contribution in [3.8, 4) is 0 Å². The van der Waals surface area contributed by atoms with Gasteiger partial charge in [-0.2, -0.15) is 0 Å². The number of carbonyl (C=O) groups excluding carboxylic acids is 1. The minimum Gasteiger partial charge on any atom is -0.294 e. The zero-order valence-electron chi connectivity index (χ0n) is 9.51. The molecule has 0 aromatic heterocycles. The van der Waals surface area contributed by atoms with Crippen molar-refractivity contribution in [3.63, 3.8) is 0 Å². The SMILES string of the molecule is O=C(Cc1c(F)cccc1Cl)C1=CCCCC1. The first-order valence-corrected chi connectivity index (χ1v) is 6.21. The molecule has 0 aliphatic heterocycles. The van der Waals surface area contributed by atoms with Crippen LogP contribution in [0.3, 0.4) is 0 Å². The van der Waals surface area contributed by atoms with Gasteiger partial charge in [0.1, 0.15) is 5.82 Å². The summed E-state index contributed by atoms with van der Waals surface area (Å²) in [6.45, 7) is 0. The second-order valence-corrected chi connectivity index (χ2v) is 4.68. The average Bonchev–Trinajstić information content (AvgIpc) is 2.35. The van der Waals surface area contributed by atoms with Crippen LogP contribution >= 0.6 is 11.6 Å². The first-order chi connectivity index (χ1) is 8.18. The number of halogens is 2. The van der Waals surface area contributed by atoms with E-state index in [0.29, 0.717) is 10.6 Å². The van der Waals surface area contributed by atoms with Crippen LogP contribution in [0.15, 0.2) is 29.8 Å². The summed E-state index contributed by atoms with van der Waals surface area (Å²) >= 11 is 5.90. The number of hydrogen-bond acceptors (Lipinski definition) is 1. The fourth-order valence-electron chi connectivity index (χ4n) is 2.07. The zero-order valence-corrected chi connectivity index (χ0v) is 10.3. The van der Waals surface area contributed by atoms with Crippen LogP contribution in [0.25, 0.3) is 0 Å². The Labute approximate surface area is 105 Å². The maximum absolute atomic E-state index is 13.5. The minimum absolute atomic E-state index is 0.00306. The summed E-state index contributed by atoms with van der Waals surface area (Å²) < 4.78 is 13.5. The van der Waals surface area contributed by atoms with Crippen LogP contribution in [0.2, 0.25) is 5.02 Å². The zero-order chi connectivity index (χ0) is 12.3. The van der Waals surface area contributed by atoms with Crippen molar-refractivity contribution in [1.82, 2.24) is 0 Å². The Morgan fingerprint density at radius 3 is 2.82 bits per heavy atom. The van der Waals surface area contributed by atoms with E-state index in [1.54, 1.807) is 12.1 Å². The molecule has 0 spiro atoms. The molecule has 90 valence electrons. The Kier molecular flexibility index (Phi) is 3.95. The Bertz CT molecular complexity index is 445. The molecular weight excluding hydrogens is 239 g/mol. The van der Waals surface area contributed by atoms with Gasteiger partial charge in [0.05, 0.1) is 0 Å². The van der Waals surface area contributed by atoms with E-state index in [2.05, 4.69) is 0 Å². The molecule has 1 aliphatic carbocycles. The number of hydrogen-bond donors (Lipinski definition) is 0. The van der Waals surface area contributed by atoms with Crippen LogP contribution in [-0.4, -0.2) is 5.78 Å². The topological polar surface area (TPSA) is 17.1 Å². The first kappa shape index (κ1) is 12.3. The lowest BCUT2D eigenvalue weighted by Crippen LogP contribution is -2.10. The van der Waals surface area contributed by atoms with Crippen LogP contribution in [0.4, 0.5) is 4.39 Å². The maximum atomic E-state index is 13.5. The predicted molar refractivity (Wildman–Crippen MR) is 66.7 cm³/mol. The second-order valence-electron chi connectivity index (χ2n) is 4.28. The molecule has 1 aromatic rings. The number of carbonyl (C=O) groups is 1. The first-order valence-electron chi connectivity index (χ1n) is 5.83. The largest absolute Gasteiger partial charge is 0.294 e. The molecule has 0 amide bonds. The van der Waals surface area contributed by atoms with Crippen LogP contribution in [0.5, 0.6) is 0 Å². The summed E-state index contributed by atoms with van der Waals surface area (Å²) in [6, 6.07) is 4.50. The lowest BCUT2D eigenvalue weighted by Gasteiger charge is -2.12.